The van der Waals surface area contributed by atoms with Gasteiger partial charge in [-0.15, -0.1) is 0 Å². The number of anilines is 4. The minimum atomic E-state index is -0.463. The topological polar surface area (TPSA) is 99.7 Å². The van der Waals surface area contributed by atoms with E-state index in [0.29, 0.717) is 35.6 Å². The fourth-order valence-electron chi connectivity index (χ4n) is 4.23. The Morgan fingerprint density at radius 2 is 0.909 bits per heavy atom. The summed E-state index contributed by atoms with van der Waals surface area (Å²) in [4.78, 5) is 55.2. The number of ether oxygens (including phenoxy) is 2. The number of benzene rings is 3. The molecular formula is C34H38N4O6. The summed E-state index contributed by atoms with van der Waals surface area (Å²) in [6, 6.07) is 21.5. The average Bonchev–Trinajstić information content (AvgIpc) is 3.06. The maximum atomic E-state index is 13.3. The molecule has 4 amide bonds. The summed E-state index contributed by atoms with van der Waals surface area (Å²) >= 11 is 0. The molecule has 0 heterocycles. The first-order valence-corrected chi connectivity index (χ1v) is 13.9. The fraction of sp³-hybridized carbons (Fsp3) is 0.235. The van der Waals surface area contributed by atoms with E-state index in [9.17, 15) is 19.2 Å². The first-order chi connectivity index (χ1) is 21.0. The predicted octanol–water partition coefficient (Wildman–Crippen LogP) is 5.62. The van der Waals surface area contributed by atoms with Crippen molar-refractivity contribution in [2.24, 2.45) is 0 Å². The molecular weight excluding hydrogens is 560 g/mol. The number of carbonyl (C=O) groups is 4. The van der Waals surface area contributed by atoms with Crippen LogP contribution >= 0.6 is 0 Å². The second-order valence-electron chi connectivity index (χ2n) is 9.90. The third kappa shape index (κ3) is 8.81. The third-order valence-corrected chi connectivity index (χ3v) is 7.00. The quantitative estimate of drug-likeness (QED) is 0.198. The fourth-order valence-corrected chi connectivity index (χ4v) is 4.23. The van der Waals surface area contributed by atoms with E-state index in [-0.39, 0.29) is 25.3 Å². The van der Waals surface area contributed by atoms with Gasteiger partial charge in [-0.1, -0.05) is 43.5 Å². The van der Waals surface area contributed by atoms with Crippen molar-refractivity contribution in [3.8, 4) is 0 Å². The van der Waals surface area contributed by atoms with Crippen LogP contribution in [0, 0.1) is 0 Å². The molecule has 0 radical (unpaired) electrons. The molecule has 0 saturated carbocycles. The number of carbonyl (C=O) groups excluding carboxylic acids is 4. The van der Waals surface area contributed by atoms with Crippen molar-refractivity contribution >= 4 is 46.8 Å². The van der Waals surface area contributed by atoms with E-state index in [4.69, 9.17) is 9.47 Å². The molecule has 0 spiro atoms. The number of hydrogen-bond donors (Lipinski definition) is 0. The average molecular weight is 599 g/mol. The van der Waals surface area contributed by atoms with Crippen LogP contribution in [-0.4, -0.2) is 65.4 Å². The standard InChI is InChI=1S/C34H38N4O6/c1-7-31(39)43-22-20-25-12-16-27(17-13-25)35(3)33(41)37(5)29-10-9-11-30(24-29)38(6)34(42)36(4)28-18-14-26(15-19-28)21-23-44-32(40)8-2/h7-19,24H,1-2,20-23H2,3-6H3. The van der Waals surface area contributed by atoms with Gasteiger partial charge in [-0.25, -0.2) is 19.2 Å². The lowest BCUT2D eigenvalue weighted by Gasteiger charge is -2.28. The van der Waals surface area contributed by atoms with Crippen LogP contribution < -0.4 is 19.6 Å². The Kier molecular flexibility index (Phi) is 11.8. The van der Waals surface area contributed by atoms with E-state index < -0.39 is 11.9 Å². The minimum absolute atomic E-state index is 0.244. The number of nitrogens with zero attached hydrogens (tertiary/aromatic N) is 4. The Morgan fingerprint density at radius 1 is 0.568 bits per heavy atom. The molecule has 0 unspecified atom stereocenters. The summed E-state index contributed by atoms with van der Waals surface area (Å²) in [7, 11) is 6.72. The zero-order chi connectivity index (χ0) is 32.2. The van der Waals surface area contributed by atoms with Gasteiger partial charge >= 0.3 is 24.0 Å². The molecule has 230 valence electrons. The summed E-state index contributed by atoms with van der Waals surface area (Å²) in [5.41, 5.74) is 4.55. The molecule has 0 aliphatic rings. The molecule has 0 aliphatic carbocycles. The van der Waals surface area contributed by atoms with Gasteiger partial charge in [0.1, 0.15) is 0 Å². The molecule has 3 aromatic rings. The molecule has 0 saturated heterocycles. The molecule has 44 heavy (non-hydrogen) atoms. The smallest absolute Gasteiger partial charge is 0.330 e. The molecule has 3 aromatic carbocycles. The van der Waals surface area contributed by atoms with Gasteiger partial charge in [-0.2, -0.15) is 0 Å². The Bertz CT molecular complexity index is 1380. The SMILES string of the molecule is C=CC(=O)OCCc1ccc(N(C)C(=O)N(C)c2cccc(N(C)C(=O)N(C)c3ccc(CCOC(=O)C=C)cc3)c2)cc1. The highest BCUT2D eigenvalue weighted by Crippen LogP contribution is 2.25. The zero-order valence-corrected chi connectivity index (χ0v) is 25.6. The monoisotopic (exact) mass is 598 g/mol. The van der Waals surface area contributed by atoms with Crippen LogP contribution in [0.3, 0.4) is 0 Å². The van der Waals surface area contributed by atoms with Crippen molar-refractivity contribution in [3.05, 3.63) is 109 Å². The van der Waals surface area contributed by atoms with Crippen LogP contribution in [0.15, 0.2) is 98.1 Å². The van der Waals surface area contributed by atoms with Gasteiger partial charge in [0.15, 0.2) is 0 Å². The van der Waals surface area contributed by atoms with E-state index in [0.717, 1.165) is 23.3 Å². The summed E-state index contributed by atoms with van der Waals surface area (Å²) < 4.78 is 10.0. The number of esters is 2. The number of hydrogen-bond acceptors (Lipinski definition) is 6. The normalized spacial score (nSPS) is 10.3. The van der Waals surface area contributed by atoms with Crippen LogP contribution in [0.5, 0.6) is 0 Å². The van der Waals surface area contributed by atoms with Gasteiger partial charge in [0.25, 0.3) is 0 Å². The van der Waals surface area contributed by atoms with E-state index in [1.807, 2.05) is 48.5 Å². The second-order valence-corrected chi connectivity index (χ2v) is 9.90. The van der Waals surface area contributed by atoms with E-state index in [1.54, 1.807) is 52.5 Å². The molecule has 0 fully saturated rings. The lowest BCUT2D eigenvalue weighted by atomic mass is 10.1. The van der Waals surface area contributed by atoms with Crippen molar-refractivity contribution in [1.82, 2.24) is 0 Å². The molecule has 10 nitrogen and oxygen atoms in total. The Labute approximate surface area is 258 Å². The van der Waals surface area contributed by atoms with Crippen LogP contribution in [0.25, 0.3) is 0 Å². The second kappa shape index (κ2) is 15.7. The highest BCUT2D eigenvalue weighted by atomic mass is 16.5. The van der Waals surface area contributed by atoms with E-state index >= 15 is 0 Å². The molecule has 0 aliphatic heterocycles. The number of urea groups is 2. The van der Waals surface area contributed by atoms with Gasteiger partial charge in [-0.3, -0.25) is 19.6 Å². The van der Waals surface area contributed by atoms with Gasteiger partial charge in [-0.05, 0) is 53.6 Å². The maximum Gasteiger partial charge on any atom is 0.330 e. The Morgan fingerprint density at radius 3 is 1.25 bits per heavy atom. The Balaban J connectivity index is 1.62. The largest absolute Gasteiger partial charge is 0.462 e. The van der Waals surface area contributed by atoms with E-state index in [1.165, 1.54) is 19.6 Å². The molecule has 3 rings (SSSR count). The summed E-state index contributed by atoms with van der Waals surface area (Å²) in [6.07, 6.45) is 3.35. The lowest BCUT2D eigenvalue weighted by molar-refractivity contribution is -0.138. The van der Waals surface area contributed by atoms with Gasteiger partial charge in [0.05, 0.1) is 13.2 Å². The van der Waals surface area contributed by atoms with Crippen LogP contribution in [0.4, 0.5) is 32.3 Å². The van der Waals surface area contributed by atoms with Gasteiger partial charge < -0.3 is 9.47 Å². The van der Waals surface area contributed by atoms with Crippen molar-refractivity contribution in [1.29, 1.82) is 0 Å². The highest BCUT2D eigenvalue weighted by Gasteiger charge is 2.21. The molecule has 0 bridgehead atoms. The number of rotatable bonds is 12. The van der Waals surface area contributed by atoms with Crippen LogP contribution in [-0.2, 0) is 31.9 Å². The van der Waals surface area contributed by atoms with Crippen molar-refractivity contribution < 1.29 is 28.7 Å². The summed E-state index contributed by atoms with van der Waals surface area (Å²) in [6.45, 7) is 7.24. The first kappa shape index (κ1) is 33.1. The molecule has 0 aromatic heterocycles. The van der Waals surface area contributed by atoms with Gasteiger partial charge in [0.2, 0.25) is 0 Å². The van der Waals surface area contributed by atoms with Gasteiger partial charge in [0, 0.05) is 75.9 Å². The number of amides is 4. The first-order valence-electron chi connectivity index (χ1n) is 13.9. The molecule has 0 N–H and O–H groups in total. The predicted molar refractivity (Wildman–Crippen MR) is 173 cm³/mol. The van der Waals surface area contributed by atoms with Crippen LogP contribution in [0.1, 0.15) is 11.1 Å². The minimum Gasteiger partial charge on any atom is -0.462 e. The van der Waals surface area contributed by atoms with Crippen LogP contribution in [0.2, 0.25) is 0 Å². The zero-order valence-electron chi connectivity index (χ0n) is 25.6. The maximum absolute atomic E-state index is 13.3. The van der Waals surface area contributed by atoms with Crippen molar-refractivity contribution in [2.45, 2.75) is 12.8 Å². The summed E-state index contributed by atoms with van der Waals surface area (Å²) in [5.74, 6) is -0.926. The van der Waals surface area contributed by atoms with E-state index in [2.05, 4.69) is 13.2 Å². The highest BCUT2D eigenvalue weighted by molar-refractivity contribution is 6.05. The molecule has 0 atom stereocenters. The van der Waals surface area contributed by atoms with Crippen molar-refractivity contribution in [2.75, 3.05) is 61.0 Å². The Hall–Kier alpha value is -5.38. The third-order valence-electron chi connectivity index (χ3n) is 7.00. The lowest BCUT2D eigenvalue weighted by Crippen LogP contribution is -2.40. The summed E-state index contributed by atoms with van der Waals surface area (Å²) in [5, 5.41) is 0. The van der Waals surface area contributed by atoms with Crippen molar-refractivity contribution in [3.63, 3.8) is 0 Å². The molecule has 10 heteroatoms.